The number of nitrogens with one attached hydrogen (secondary N) is 2. The van der Waals surface area contributed by atoms with E-state index in [1.807, 2.05) is 0 Å². The van der Waals surface area contributed by atoms with E-state index in [1.54, 1.807) is 37.3 Å². The molecule has 0 radical (unpaired) electrons. The highest BCUT2D eigenvalue weighted by molar-refractivity contribution is 6.00. The number of hydrogen-bond donors (Lipinski definition) is 2. The Hall–Kier alpha value is -2.69. The molecule has 0 aliphatic heterocycles. The SMILES string of the molecule is CC(=O)c1ccc(NC(=O)Nc2ccc(C)cc2F)cc1. The zero-order valence-electron chi connectivity index (χ0n) is 11.7. The van der Waals surface area contributed by atoms with Gasteiger partial charge < -0.3 is 10.6 Å². The van der Waals surface area contributed by atoms with E-state index >= 15 is 0 Å². The van der Waals surface area contributed by atoms with Crippen molar-refractivity contribution in [2.75, 3.05) is 10.6 Å². The predicted molar refractivity (Wildman–Crippen MR) is 80.2 cm³/mol. The number of Topliss-reactive ketones (excluding diaryl/α,β-unsaturated/α-hetero) is 1. The molecule has 2 aromatic carbocycles. The maximum Gasteiger partial charge on any atom is 0.323 e. The summed E-state index contributed by atoms with van der Waals surface area (Å²) in [5.41, 5.74) is 1.97. The van der Waals surface area contributed by atoms with Crippen LogP contribution in [-0.4, -0.2) is 11.8 Å². The van der Waals surface area contributed by atoms with Crippen molar-refractivity contribution in [2.45, 2.75) is 13.8 Å². The van der Waals surface area contributed by atoms with Gasteiger partial charge in [-0.05, 0) is 55.8 Å². The fourth-order valence-electron chi connectivity index (χ4n) is 1.79. The van der Waals surface area contributed by atoms with E-state index in [0.29, 0.717) is 11.3 Å². The third kappa shape index (κ3) is 3.89. The molecule has 0 saturated heterocycles. The predicted octanol–water partition coefficient (Wildman–Crippen LogP) is 3.98. The zero-order chi connectivity index (χ0) is 15.4. The number of rotatable bonds is 3. The van der Waals surface area contributed by atoms with Crippen LogP contribution in [0.15, 0.2) is 42.5 Å². The van der Waals surface area contributed by atoms with E-state index in [4.69, 9.17) is 0 Å². The lowest BCUT2D eigenvalue weighted by Crippen LogP contribution is -2.20. The van der Waals surface area contributed by atoms with Crippen molar-refractivity contribution in [1.82, 2.24) is 0 Å². The highest BCUT2D eigenvalue weighted by Crippen LogP contribution is 2.16. The van der Waals surface area contributed by atoms with Crippen molar-refractivity contribution >= 4 is 23.2 Å². The second-order valence-corrected chi connectivity index (χ2v) is 4.70. The molecule has 0 aliphatic carbocycles. The van der Waals surface area contributed by atoms with Gasteiger partial charge in [0.05, 0.1) is 5.69 Å². The Bertz CT molecular complexity index is 681. The molecule has 0 atom stereocenters. The van der Waals surface area contributed by atoms with Crippen molar-refractivity contribution in [1.29, 1.82) is 0 Å². The van der Waals surface area contributed by atoms with Gasteiger partial charge in [0, 0.05) is 11.3 Å². The number of amides is 2. The smallest absolute Gasteiger partial charge is 0.308 e. The topological polar surface area (TPSA) is 58.2 Å². The fraction of sp³-hybridized carbons (Fsp3) is 0.125. The van der Waals surface area contributed by atoms with Crippen LogP contribution in [0, 0.1) is 12.7 Å². The molecule has 0 saturated carbocycles. The molecule has 0 unspecified atom stereocenters. The van der Waals surface area contributed by atoms with Gasteiger partial charge in [-0.3, -0.25) is 4.79 Å². The first-order valence-electron chi connectivity index (χ1n) is 6.41. The second kappa shape index (κ2) is 6.17. The maximum absolute atomic E-state index is 13.6. The summed E-state index contributed by atoms with van der Waals surface area (Å²) in [4.78, 5) is 22.9. The number of halogens is 1. The van der Waals surface area contributed by atoms with Crippen molar-refractivity contribution in [2.24, 2.45) is 0 Å². The number of benzene rings is 2. The summed E-state index contributed by atoms with van der Waals surface area (Å²) >= 11 is 0. The summed E-state index contributed by atoms with van der Waals surface area (Å²) in [6, 6.07) is 10.5. The molecule has 0 aliphatic rings. The molecule has 2 N–H and O–H groups in total. The second-order valence-electron chi connectivity index (χ2n) is 4.70. The van der Waals surface area contributed by atoms with Crippen LogP contribution in [0.2, 0.25) is 0 Å². The summed E-state index contributed by atoms with van der Waals surface area (Å²) in [5, 5.41) is 5.00. The number of carbonyl (C=O) groups excluding carboxylic acids is 2. The van der Waals surface area contributed by atoms with Gasteiger partial charge in [0.2, 0.25) is 0 Å². The van der Waals surface area contributed by atoms with Crippen LogP contribution in [0.5, 0.6) is 0 Å². The molecule has 0 fully saturated rings. The molecule has 108 valence electrons. The van der Waals surface area contributed by atoms with Crippen LogP contribution in [-0.2, 0) is 0 Å². The van der Waals surface area contributed by atoms with Crippen molar-refractivity contribution in [3.63, 3.8) is 0 Å². The molecule has 0 bridgehead atoms. The minimum atomic E-state index is -0.548. The number of anilines is 2. The molecular formula is C16H15FN2O2. The zero-order valence-corrected chi connectivity index (χ0v) is 11.7. The Morgan fingerprint density at radius 2 is 1.67 bits per heavy atom. The number of ketones is 1. The quantitative estimate of drug-likeness (QED) is 0.838. The molecule has 2 aromatic rings. The normalized spacial score (nSPS) is 10.0. The van der Waals surface area contributed by atoms with Crippen LogP contribution in [0.4, 0.5) is 20.6 Å². The van der Waals surface area contributed by atoms with Crippen LogP contribution in [0.25, 0.3) is 0 Å². The minimum absolute atomic E-state index is 0.0484. The van der Waals surface area contributed by atoms with Gasteiger partial charge in [0.15, 0.2) is 5.78 Å². The van der Waals surface area contributed by atoms with Gasteiger partial charge in [-0.15, -0.1) is 0 Å². The van der Waals surface area contributed by atoms with Gasteiger partial charge in [-0.1, -0.05) is 6.07 Å². The monoisotopic (exact) mass is 286 g/mol. The fourth-order valence-corrected chi connectivity index (χ4v) is 1.79. The van der Waals surface area contributed by atoms with Crippen LogP contribution >= 0.6 is 0 Å². The highest BCUT2D eigenvalue weighted by Gasteiger charge is 2.07. The summed E-state index contributed by atoms with van der Waals surface area (Å²) in [5.74, 6) is -0.537. The number of carbonyl (C=O) groups is 2. The van der Waals surface area contributed by atoms with Crippen molar-refractivity contribution < 1.29 is 14.0 Å². The van der Waals surface area contributed by atoms with Gasteiger partial charge in [-0.25, -0.2) is 9.18 Å². The van der Waals surface area contributed by atoms with Crippen LogP contribution in [0.1, 0.15) is 22.8 Å². The van der Waals surface area contributed by atoms with E-state index in [0.717, 1.165) is 5.56 Å². The average molecular weight is 286 g/mol. The molecule has 0 heterocycles. The third-order valence-electron chi connectivity index (χ3n) is 2.92. The lowest BCUT2D eigenvalue weighted by molar-refractivity contribution is 0.101. The van der Waals surface area contributed by atoms with Crippen molar-refractivity contribution in [3.8, 4) is 0 Å². The Balaban J connectivity index is 2.02. The van der Waals surface area contributed by atoms with Crippen LogP contribution in [0.3, 0.4) is 0 Å². The summed E-state index contributed by atoms with van der Waals surface area (Å²) < 4.78 is 13.6. The van der Waals surface area contributed by atoms with E-state index in [-0.39, 0.29) is 11.5 Å². The van der Waals surface area contributed by atoms with Crippen molar-refractivity contribution in [3.05, 3.63) is 59.4 Å². The molecule has 2 rings (SSSR count). The van der Waals surface area contributed by atoms with E-state index < -0.39 is 11.8 Å². The van der Waals surface area contributed by atoms with E-state index in [1.165, 1.54) is 19.1 Å². The standard InChI is InChI=1S/C16H15FN2O2/c1-10-3-8-15(14(17)9-10)19-16(21)18-13-6-4-12(5-7-13)11(2)20/h3-9H,1-2H3,(H2,18,19,21). The molecule has 0 spiro atoms. The van der Waals surface area contributed by atoms with E-state index in [9.17, 15) is 14.0 Å². The molecule has 0 aromatic heterocycles. The van der Waals surface area contributed by atoms with E-state index in [2.05, 4.69) is 10.6 Å². The van der Waals surface area contributed by atoms with Crippen LogP contribution < -0.4 is 10.6 Å². The highest BCUT2D eigenvalue weighted by atomic mass is 19.1. The molecule has 21 heavy (non-hydrogen) atoms. The average Bonchev–Trinajstić information content (AvgIpc) is 2.42. The first-order valence-corrected chi connectivity index (χ1v) is 6.41. The number of hydrogen-bond acceptors (Lipinski definition) is 2. The first kappa shape index (κ1) is 14.7. The molecular weight excluding hydrogens is 271 g/mol. The molecule has 5 heteroatoms. The third-order valence-corrected chi connectivity index (χ3v) is 2.92. The summed E-state index contributed by atoms with van der Waals surface area (Å²) in [7, 11) is 0. The Morgan fingerprint density at radius 1 is 1.00 bits per heavy atom. The summed E-state index contributed by atoms with van der Waals surface area (Å²) in [6.45, 7) is 3.23. The largest absolute Gasteiger partial charge is 0.323 e. The Kier molecular flexibility index (Phi) is 4.33. The maximum atomic E-state index is 13.6. The first-order chi connectivity index (χ1) is 9.95. The van der Waals surface area contributed by atoms with Gasteiger partial charge in [0.25, 0.3) is 0 Å². The Morgan fingerprint density at radius 3 is 2.24 bits per heavy atom. The van der Waals surface area contributed by atoms with Gasteiger partial charge in [-0.2, -0.15) is 0 Å². The Labute approximate surface area is 122 Å². The lowest BCUT2D eigenvalue weighted by Gasteiger charge is -2.09. The molecule has 4 nitrogen and oxygen atoms in total. The lowest BCUT2D eigenvalue weighted by atomic mass is 10.1. The number of aryl methyl sites for hydroxylation is 1. The number of urea groups is 1. The molecule has 2 amide bonds. The van der Waals surface area contributed by atoms with Gasteiger partial charge >= 0.3 is 6.03 Å². The van der Waals surface area contributed by atoms with Gasteiger partial charge in [0.1, 0.15) is 5.82 Å². The minimum Gasteiger partial charge on any atom is -0.308 e. The summed E-state index contributed by atoms with van der Waals surface area (Å²) in [6.07, 6.45) is 0.